The highest BCUT2D eigenvalue weighted by Gasteiger charge is 2.39. The third kappa shape index (κ3) is 3.08. The Hall–Kier alpha value is -3.05. The van der Waals surface area contributed by atoms with Gasteiger partial charge in [0.15, 0.2) is 6.17 Å². The summed E-state index contributed by atoms with van der Waals surface area (Å²) in [4.78, 5) is 19.4. The lowest BCUT2D eigenvalue weighted by molar-refractivity contribution is 0.0993. The van der Waals surface area contributed by atoms with E-state index in [0.29, 0.717) is 22.0 Å². The number of fused-ring (bicyclic) bond motifs is 1. The fraction of sp³-hybridized carbons (Fsp3) is 0.182. The van der Waals surface area contributed by atoms with Crippen LogP contribution in [0.4, 0.5) is 11.4 Å². The lowest BCUT2D eigenvalue weighted by atomic mass is 10.1. The topological polar surface area (TPSA) is 54.5 Å². The minimum absolute atomic E-state index is 0.0888. The van der Waals surface area contributed by atoms with Crippen LogP contribution in [-0.4, -0.2) is 18.0 Å². The molecule has 0 bridgehead atoms. The summed E-state index contributed by atoms with van der Waals surface area (Å²) in [6, 6.07) is 15.1. The Morgan fingerprint density at radius 1 is 1.14 bits per heavy atom. The number of amides is 1. The average Bonchev–Trinajstić information content (AvgIpc) is 2.97. The summed E-state index contributed by atoms with van der Waals surface area (Å²) in [5, 5.41) is 4.06. The van der Waals surface area contributed by atoms with Crippen LogP contribution in [0.15, 0.2) is 54.7 Å². The highest BCUT2D eigenvalue weighted by atomic mass is 35.5. The molecule has 4 rings (SSSR count). The van der Waals surface area contributed by atoms with Gasteiger partial charge in [0.2, 0.25) is 0 Å². The second-order valence-electron chi connectivity index (χ2n) is 6.80. The van der Waals surface area contributed by atoms with E-state index in [-0.39, 0.29) is 5.91 Å². The Balaban J connectivity index is 1.81. The Labute approximate surface area is 168 Å². The molecule has 3 aromatic rings. The van der Waals surface area contributed by atoms with Crippen LogP contribution in [0.5, 0.6) is 5.75 Å². The molecule has 1 N–H and O–H groups in total. The number of nitrogens with zero attached hydrogens (tertiary/aromatic N) is 2. The second kappa shape index (κ2) is 7.17. The largest absolute Gasteiger partial charge is 0.495 e. The quantitative estimate of drug-likeness (QED) is 0.667. The maximum absolute atomic E-state index is 13.2. The normalized spacial score (nSPS) is 15.5. The standard InChI is InChI=1S/C22H20ClN3O2/c1-13-6-8-15(9-7-13)26-21(20-16(22(26)27)5-4-10-24-20)25-18-11-14(2)17(23)12-19(18)28-3/h4-12,21,25H,1-3H3/t21-/m1/s1. The first-order valence-corrected chi connectivity index (χ1v) is 9.33. The number of benzene rings is 2. The van der Waals surface area contributed by atoms with E-state index in [1.807, 2.05) is 44.2 Å². The molecule has 0 fully saturated rings. The van der Waals surface area contributed by atoms with Crippen LogP contribution in [0.2, 0.25) is 5.02 Å². The lowest BCUT2D eigenvalue weighted by Crippen LogP contribution is -2.32. The first-order chi connectivity index (χ1) is 13.5. The fourth-order valence-electron chi connectivity index (χ4n) is 3.38. The van der Waals surface area contributed by atoms with Crippen LogP contribution in [0, 0.1) is 13.8 Å². The fourth-order valence-corrected chi connectivity index (χ4v) is 3.54. The number of methoxy groups -OCH3 is 1. The first kappa shape index (κ1) is 18.3. The Morgan fingerprint density at radius 3 is 2.61 bits per heavy atom. The molecule has 0 spiro atoms. The van der Waals surface area contributed by atoms with Gasteiger partial charge in [-0.15, -0.1) is 0 Å². The van der Waals surface area contributed by atoms with Crippen molar-refractivity contribution in [3.05, 3.63) is 82.1 Å². The lowest BCUT2D eigenvalue weighted by Gasteiger charge is -2.27. The molecule has 1 aliphatic rings. The molecule has 0 saturated heterocycles. The van der Waals surface area contributed by atoms with Gasteiger partial charge >= 0.3 is 0 Å². The molecule has 2 aromatic carbocycles. The van der Waals surface area contributed by atoms with E-state index in [4.69, 9.17) is 16.3 Å². The van der Waals surface area contributed by atoms with E-state index in [2.05, 4.69) is 10.3 Å². The van der Waals surface area contributed by atoms with Crippen LogP contribution < -0.4 is 15.0 Å². The minimum Gasteiger partial charge on any atom is -0.495 e. The monoisotopic (exact) mass is 393 g/mol. The zero-order valence-corrected chi connectivity index (χ0v) is 16.6. The van der Waals surface area contributed by atoms with E-state index in [1.54, 1.807) is 36.4 Å². The average molecular weight is 394 g/mol. The Bertz CT molecular complexity index is 1050. The molecule has 0 aliphatic carbocycles. The number of hydrogen-bond acceptors (Lipinski definition) is 4. The summed E-state index contributed by atoms with van der Waals surface area (Å²) in [7, 11) is 1.59. The number of rotatable bonds is 4. The van der Waals surface area contributed by atoms with Gasteiger partial charge in [-0.05, 0) is 49.7 Å². The summed E-state index contributed by atoms with van der Waals surface area (Å²) >= 11 is 6.24. The summed E-state index contributed by atoms with van der Waals surface area (Å²) in [5.41, 5.74) is 4.87. The smallest absolute Gasteiger partial charge is 0.262 e. The zero-order chi connectivity index (χ0) is 19.8. The van der Waals surface area contributed by atoms with E-state index < -0.39 is 6.17 Å². The summed E-state index contributed by atoms with van der Waals surface area (Å²) in [6.07, 6.45) is 1.24. The van der Waals surface area contributed by atoms with Gasteiger partial charge in [0.25, 0.3) is 5.91 Å². The summed E-state index contributed by atoms with van der Waals surface area (Å²) < 4.78 is 5.49. The number of carbonyl (C=O) groups is 1. The molecule has 1 aromatic heterocycles. The van der Waals surface area contributed by atoms with Crippen LogP contribution in [0.1, 0.15) is 33.3 Å². The first-order valence-electron chi connectivity index (χ1n) is 8.95. The van der Waals surface area contributed by atoms with Gasteiger partial charge in [-0.1, -0.05) is 29.3 Å². The van der Waals surface area contributed by atoms with Crippen LogP contribution in [-0.2, 0) is 0 Å². The van der Waals surface area contributed by atoms with E-state index in [0.717, 1.165) is 22.5 Å². The van der Waals surface area contributed by atoms with Gasteiger partial charge in [0.05, 0.1) is 24.1 Å². The third-order valence-electron chi connectivity index (χ3n) is 4.89. The van der Waals surface area contributed by atoms with Gasteiger partial charge < -0.3 is 10.1 Å². The van der Waals surface area contributed by atoms with Crippen LogP contribution >= 0.6 is 11.6 Å². The molecule has 0 radical (unpaired) electrons. The molecular weight excluding hydrogens is 374 g/mol. The number of anilines is 2. The number of aryl methyl sites for hydroxylation is 2. The van der Waals surface area contributed by atoms with Crippen molar-refractivity contribution in [3.8, 4) is 5.75 Å². The van der Waals surface area contributed by atoms with Crippen molar-refractivity contribution in [1.82, 2.24) is 4.98 Å². The van der Waals surface area contributed by atoms with Crippen molar-refractivity contribution in [3.63, 3.8) is 0 Å². The molecule has 5 nitrogen and oxygen atoms in total. The molecule has 142 valence electrons. The Morgan fingerprint density at radius 2 is 1.89 bits per heavy atom. The number of nitrogens with one attached hydrogen (secondary N) is 1. The maximum Gasteiger partial charge on any atom is 0.262 e. The highest BCUT2D eigenvalue weighted by Crippen LogP contribution is 2.40. The van der Waals surface area contributed by atoms with Crippen molar-refractivity contribution >= 4 is 28.9 Å². The Kier molecular flexibility index (Phi) is 4.69. The predicted molar refractivity (Wildman–Crippen MR) is 111 cm³/mol. The van der Waals surface area contributed by atoms with Gasteiger partial charge in [0, 0.05) is 23.0 Å². The molecule has 1 amide bonds. The van der Waals surface area contributed by atoms with E-state index >= 15 is 0 Å². The maximum atomic E-state index is 13.2. The number of carbonyl (C=O) groups excluding carboxylic acids is 1. The zero-order valence-electron chi connectivity index (χ0n) is 15.9. The second-order valence-corrected chi connectivity index (χ2v) is 7.20. The van der Waals surface area contributed by atoms with Crippen molar-refractivity contribution in [2.24, 2.45) is 0 Å². The number of pyridine rings is 1. The number of halogens is 1. The minimum atomic E-state index is -0.458. The number of hydrogen-bond donors (Lipinski definition) is 1. The molecular formula is C22H20ClN3O2. The van der Waals surface area contributed by atoms with Crippen molar-refractivity contribution in [2.75, 3.05) is 17.3 Å². The van der Waals surface area contributed by atoms with E-state index in [9.17, 15) is 4.79 Å². The molecule has 1 atom stereocenters. The molecule has 0 unspecified atom stereocenters. The van der Waals surface area contributed by atoms with Gasteiger partial charge in [-0.25, -0.2) is 0 Å². The van der Waals surface area contributed by atoms with Gasteiger partial charge in [-0.2, -0.15) is 0 Å². The molecule has 6 heteroatoms. The SMILES string of the molecule is COc1cc(Cl)c(C)cc1N[C@H]1c2ncccc2C(=O)N1c1ccc(C)cc1. The number of ether oxygens (including phenoxy) is 1. The third-order valence-corrected chi connectivity index (χ3v) is 5.30. The van der Waals surface area contributed by atoms with Crippen LogP contribution in [0.3, 0.4) is 0 Å². The predicted octanol–water partition coefficient (Wildman–Crippen LogP) is 5.13. The van der Waals surface area contributed by atoms with Gasteiger partial charge in [0.1, 0.15) is 5.75 Å². The molecule has 1 aliphatic heterocycles. The van der Waals surface area contributed by atoms with Gasteiger partial charge in [-0.3, -0.25) is 14.7 Å². The molecule has 28 heavy (non-hydrogen) atoms. The van der Waals surface area contributed by atoms with E-state index in [1.165, 1.54) is 0 Å². The molecule has 0 saturated carbocycles. The van der Waals surface area contributed by atoms with Crippen molar-refractivity contribution in [2.45, 2.75) is 20.0 Å². The highest BCUT2D eigenvalue weighted by molar-refractivity contribution is 6.31. The van der Waals surface area contributed by atoms with Crippen molar-refractivity contribution in [1.29, 1.82) is 0 Å². The summed E-state index contributed by atoms with van der Waals surface area (Å²) in [6.45, 7) is 3.94. The van der Waals surface area contributed by atoms with Crippen LogP contribution in [0.25, 0.3) is 0 Å². The van der Waals surface area contributed by atoms with Crippen molar-refractivity contribution < 1.29 is 9.53 Å². The number of aromatic nitrogens is 1. The summed E-state index contributed by atoms with van der Waals surface area (Å²) in [5.74, 6) is 0.519. The molecule has 2 heterocycles.